The highest BCUT2D eigenvalue weighted by Gasteiger charge is 2.41. The number of para-hydroxylation sites is 1. The highest BCUT2D eigenvalue weighted by molar-refractivity contribution is 9.10. The summed E-state index contributed by atoms with van der Waals surface area (Å²) in [5, 5.41) is 0.910. The maximum absolute atomic E-state index is 12.8. The largest absolute Gasteiger partial charge is 0.392 e. The third-order valence-electron chi connectivity index (χ3n) is 3.64. The molecule has 0 aliphatic heterocycles. The van der Waals surface area contributed by atoms with Gasteiger partial charge in [0.1, 0.15) is 0 Å². The van der Waals surface area contributed by atoms with Crippen LogP contribution in [0.4, 0.5) is 13.2 Å². The minimum absolute atomic E-state index is 0.0925. The highest BCUT2D eigenvalue weighted by atomic mass is 79.9. The zero-order valence-electron chi connectivity index (χ0n) is 9.44. The van der Waals surface area contributed by atoms with Crippen molar-refractivity contribution < 1.29 is 13.2 Å². The van der Waals surface area contributed by atoms with Crippen LogP contribution in [0.3, 0.4) is 0 Å². The molecule has 1 aromatic heterocycles. The third kappa shape index (κ3) is 1.85. The van der Waals surface area contributed by atoms with Gasteiger partial charge in [-0.05, 0) is 46.8 Å². The molecule has 0 fully saturated rings. The van der Waals surface area contributed by atoms with Crippen LogP contribution in [-0.4, -0.2) is 11.2 Å². The molecule has 1 unspecified atom stereocenters. The molecule has 1 aliphatic carbocycles. The Morgan fingerprint density at radius 3 is 2.78 bits per heavy atom. The van der Waals surface area contributed by atoms with Crippen molar-refractivity contribution in [2.45, 2.75) is 25.4 Å². The van der Waals surface area contributed by atoms with Crippen LogP contribution in [0.25, 0.3) is 10.9 Å². The Hall–Kier alpha value is -0.970. The normalized spacial score (nSPS) is 20.1. The molecule has 18 heavy (non-hydrogen) atoms. The quantitative estimate of drug-likeness (QED) is 0.731. The van der Waals surface area contributed by atoms with Gasteiger partial charge >= 0.3 is 6.18 Å². The zero-order chi connectivity index (χ0) is 12.9. The van der Waals surface area contributed by atoms with Crippen LogP contribution in [0.2, 0.25) is 0 Å². The fourth-order valence-corrected chi connectivity index (χ4v) is 3.15. The summed E-state index contributed by atoms with van der Waals surface area (Å²) < 4.78 is 39.3. The summed E-state index contributed by atoms with van der Waals surface area (Å²) in [4.78, 5) is 3.24. The second-order valence-electron chi connectivity index (χ2n) is 4.73. The highest BCUT2D eigenvalue weighted by Crippen LogP contribution is 2.40. The van der Waals surface area contributed by atoms with E-state index in [-0.39, 0.29) is 12.8 Å². The summed E-state index contributed by atoms with van der Waals surface area (Å²) >= 11 is 3.42. The van der Waals surface area contributed by atoms with Gasteiger partial charge in [0, 0.05) is 15.6 Å². The number of nitrogens with one attached hydrogen (secondary N) is 1. The van der Waals surface area contributed by atoms with E-state index in [1.54, 1.807) is 0 Å². The van der Waals surface area contributed by atoms with Crippen LogP contribution in [-0.2, 0) is 12.8 Å². The number of alkyl halides is 3. The Morgan fingerprint density at radius 1 is 1.28 bits per heavy atom. The molecule has 1 nitrogen and oxygen atoms in total. The fraction of sp³-hybridized carbons (Fsp3) is 0.385. The van der Waals surface area contributed by atoms with E-state index in [4.69, 9.17) is 0 Å². The van der Waals surface area contributed by atoms with Gasteiger partial charge in [-0.3, -0.25) is 0 Å². The minimum Gasteiger partial charge on any atom is -0.357 e. The molecule has 0 saturated heterocycles. The number of aromatic nitrogens is 1. The maximum atomic E-state index is 12.8. The maximum Gasteiger partial charge on any atom is 0.392 e. The fourth-order valence-electron chi connectivity index (χ4n) is 2.68. The van der Waals surface area contributed by atoms with E-state index >= 15 is 0 Å². The number of hydrogen-bond acceptors (Lipinski definition) is 0. The van der Waals surface area contributed by atoms with Crippen LogP contribution in [0.5, 0.6) is 0 Å². The van der Waals surface area contributed by atoms with E-state index in [0.29, 0.717) is 6.42 Å². The van der Waals surface area contributed by atoms with E-state index in [0.717, 1.165) is 26.6 Å². The monoisotopic (exact) mass is 317 g/mol. The topological polar surface area (TPSA) is 15.8 Å². The molecule has 2 aromatic rings. The number of rotatable bonds is 0. The lowest BCUT2D eigenvalue weighted by atomic mass is 9.86. The number of halogens is 4. The molecule has 0 spiro atoms. The summed E-state index contributed by atoms with van der Waals surface area (Å²) in [5.41, 5.74) is 2.70. The number of benzene rings is 1. The molecule has 0 amide bonds. The third-order valence-corrected chi connectivity index (χ3v) is 4.30. The molecule has 0 radical (unpaired) electrons. The van der Waals surface area contributed by atoms with Crippen LogP contribution in [0, 0.1) is 5.92 Å². The molecular formula is C13H11BrF3N. The van der Waals surface area contributed by atoms with E-state index in [1.165, 1.54) is 0 Å². The number of H-pyrrole nitrogens is 1. The molecule has 5 heteroatoms. The number of aromatic amines is 1. The van der Waals surface area contributed by atoms with Crippen molar-refractivity contribution in [1.29, 1.82) is 0 Å². The van der Waals surface area contributed by atoms with Crippen molar-refractivity contribution >= 4 is 26.8 Å². The molecule has 96 valence electrons. The first-order valence-electron chi connectivity index (χ1n) is 5.81. The first-order valence-corrected chi connectivity index (χ1v) is 6.61. The van der Waals surface area contributed by atoms with E-state index < -0.39 is 12.1 Å². The summed E-state index contributed by atoms with van der Waals surface area (Å²) in [6.45, 7) is 0. The van der Waals surface area contributed by atoms with Crippen molar-refractivity contribution in [3.63, 3.8) is 0 Å². The van der Waals surface area contributed by atoms with Crippen molar-refractivity contribution in [3.8, 4) is 0 Å². The Morgan fingerprint density at radius 2 is 2.06 bits per heavy atom. The van der Waals surface area contributed by atoms with Gasteiger partial charge in [0.25, 0.3) is 0 Å². The predicted molar refractivity (Wildman–Crippen MR) is 67.6 cm³/mol. The molecule has 3 rings (SSSR count). The van der Waals surface area contributed by atoms with Gasteiger partial charge in [0.15, 0.2) is 0 Å². The Labute approximate surface area is 111 Å². The molecule has 1 atom stereocenters. The Balaban J connectivity index is 2.10. The van der Waals surface area contributed by atoms with Gasteiger partial charge in [0.2, 0.25) is 0 Å². The zero-order valence-corrected chi connectivity index (χ0v) is 11.0. The van der Waals surface area contributed by atoms with Crippen LogP contribution in [0.1, 0.15) is 17.7 Å². The minimum atomic E-state index is -4.09. The average Bonchev–Trinajstić information content (AvgIpc) is 2.67. The number of hydrogen-bond donors (Lipinski definition) is 1. The number of aryl methyl sites for hydroxylation is 1. The van der Waals surface area contributed by atoms with Crippen molar-refractivity contribution in [2.75, 3.05) is 0 Å². The van der Waals surface area contributed by atoms with E-state index in [2.05, 4.69) is 20.9 Å². The summed E-state index contributed by atoms with van der Waals surface area (Å²) in [7, 11) is 0. The first kappa shape index (κ1) is 12.1. The first-order chi connectivity index (χ1) is 8.47. The lowest BCUT2D eigenvalue weighted by molar-refractivity contribution is -0.177. The predicted octanol–water partition coefficient (Wildman–Crippen LogP) is 4.60. The molecule has 1 aliphatic rings. The lowest BCUT2D eigenvalue weighted by Crippen LogP contribution is -2.28. The number of fused-ring (bicyclic) bond motifs is 3. The molecular weight excluding hydrogens is 307 g/mol. The van der Waals surface area contributed by atoms with Gasteiger partial charge in [0.05, 0.1) is 11.4 Å². The second-order valence-corrected chi connectivity index (χ2v) is 5.58. The second kappa shape index (κ2) is 4.02. The summed E-state index contributed by atoms with van der Waals surface area (Å²) in [6, 6.07) is 5.64. The van der Waals surface area contributed by atoms with E-state index in [1.807, 2.05) is 18.2 Å². The molecule has 1 heterocycles. The van der Waals surface area contributed by atoms with Gasteiger partial charge in [-0.25, -0.2) is 0 Å². The Bertz CT molecular complexity index is 600. The van der Waals surface area contributed by atoms with Gasteiger partial charge < -0.3 is 4.98 Å². The molecule has 0 bridgehead atoms. The van der Waals surface area contributed by atoms with E-state index in [9.17, 15) is 13.2 Å². The standard InChI is InChI=1S/C13H11BrF3N/c14-10-3-1-2-8-9-6-7(13(15,16)17)4-5-11(9)18-12(8)10/h1-3,7,18H,4-6H2. The van der Waals surface area contributed by atoms with Crippen molar-refractivity contribution in [1.82, 2.24) is 4.98 Å². The Kier molecular flexibility index (Phi) is 2.70. The smallest absolute Gasteiger partial charge is 0.357 e. The van der Waals surface area contributed by atoms with Gasteiger partial charge in [-0.15, -0.1) is 0 Å². The van der Waals surface area contributed by atoms with Crippen LogP contribution in [0.15, 0.2) is 22.7 Å². The molecule has 1 N–H and O–H groups in total. The lowest BCUT2D eigenvalue weighted by Gasteiger charge is -2.24. The molecule has 1 aromatic carbocycles. The van der Waals surface area contributed by atoms with Crippen molar-refractivity contribution in [2.24, 2.45) is 5.92 Å². The summed E-state index contributed by atoms with van der Waals surface area (Å²) in [5.74, 6) is -1.21. The van der Waals surface area contributed by atoms with Gasteiger partial charge in [-0.2, -0.15) is 13.2 Å². The van der Waals surface area contributed by atoms with Crippen molar-refractivity contribution in [3.05, 3.63) is 33.9 Å². The van der Waals surface area contributed by atoms with Gasteiger partial charge in [-0.1, -0.05) is 12.1 Å². The summed E-state index contributed by atoms with van der Waals surface area (Å²) in [6.07, 6.45) is -3.34. The molecule has 0 saturated carbocycles. The average molecular weight is 318 g/mol. The van der Waals surface area contributed by atoms with Crippen LogP contribution >= 0.6 is 15.9 Å². The SMILES string of the molecule is FC(F)(F)C1CCc2[nH]c3c(Br)cccc3c2C1. The van der Waals surface area contributed by atoms with Crippen LogP contribution < -0.4 is 0 Å².